The van der Waals surface area contributed by atoms with Crippen molar-refractivity contribution < 1.29 is 0 Å². The third kappa shape index (κ3) is 2.90. The monoisotopic (exact) mass is 274 g/mol. The quantitative estimate of drug-likeness (QED) is 0.764. The molecule has 2 aromatic rings. The van der Waals surface area contributed by atoms with E-state index in [9.17, 15) is 0 Å². The topological polar surface area (TPSA) is 16.1 Å². The second-order valence-corrected chi connectivity index (χ2v) is 5.83. The van der Waals surface area contributed by atoms with Crippen LogP contribution in [0.4, 0.5) is 0 Å². The number of nitrogens with zero attached hydrogens (tertiary/aromatic N) is 2. The first-order valence-corrected chi connectivity index (χ1v) is 7.38. The number of hydrogen-bond acceptors (Lipinski definition) is 2. The summed E-state index contributed by atoms with van der Waals surface area (Å²) in [7, 11) is 0. The molecule has 1 aliphatic rings. The number of pyridine rings is 1. The van der Waals surface area contributed by atoms with Crippen molar-refractivity contribution in [2.45, 2.75) is 32.7 Å². The molecular weight excluding hydrogens is 256 g/mol. The zero-order valence-electron chi connectivity index (χ0n) is 11.3. The van der Waals surface area contributed by atoms with Gasteiger partial charge in [-0.15, -0.1) is 0 Å². The summed E-state index contributed by atoms with van der Waals surface area (Å²) in [6, 6.07) is 8.50. The molecule has 0 aliphatic carbocycles. The molecule has 1 aromatic carbocycles. The first-order chi connectivity index (χ1) is 9.22. The van der Waals surface area contributed by atoms with Crippen LogP contribution in [0.1, 0.15) is 30.4 Å². The van der Waals surface area contributed by atoms with Gasteiger partial charge >= 0.3 is 0 Å². The van der Waals surface area contributed by atoms with Crippen LogP contribution < -0.4 is 0 Å². The molecular formula is C16H19ClN2. The van der Waals surface area contributed by atoms with Gasteiger partial charge in [-0.25, -0.2) is 4.98 Å². The predicted molar refractivity (Wildman–Crippen MR) is 80.6 cm³/mol. The summed E-state index contributed by atoms with van der Waals surface area (Å²) < 4.78 is 0. The maximum Gasteiger partial charge on any atom is 0.134 e. The fourth-order valence-electron chi connectivity index (χ4n) is 2.79. The number of piperidine rings is 1. The van der Waals surface area contributed by atoms with Gasteiger partial charge in [-0.2, -0.15) is 0 Å². The predicted octanol–water partition coefficient (Wildman–Crippen LogP) is 4.18. The third-order valence-electron chi connectivity index (χ3n) is 3.84. The van der Waals surface area contributed by atoms with E-state index in [1.807, 2.05) is 6.07 Å². The number of aromatic nitrogens is 1. The number of rotatable bonds is 2. The molecule has 1 saturated heterocycles. The van der Waals surface area contributed by atoms with Crippen molar-refractivity contribution in [2.75, 3.05) is 13.1 Å². The van der Waals surface area contributed by atoms with E-state index in [0.717, 1.165) is 17.6 Å². The molecule has 2 heterocycles. The van der Waals surface area contributed by atoms with E-state index < -0.39 is 0 Å². The lowest BCUT2D eigenvalue weighted by Gasteiger charge is -2.26. The summed E-state index contributed by atoms with van der Waals surface area (Å²) in [5, 5.41) is 1.85. The Hall–Kier alpha value is -1.12. The molecule has 1 aliphatic heterocycles. The van der Waals surface area contributed by atoms with E-state index in [1.54, 1.807) is 0 Å². The standard InChI is InChI=1S/C16H19ClN2/c1-12-5-6-15-13(9-12)10-14(16(17)18-15)11-19-7-3-2-4-8-19/h5-6,9-10H,2-4,7-8,11H2,1H3. The Morgan fingerprint density at radius 1 is 1.16 bits per heavy atom. The number of aryl methyl sites for hydroxylation is 1. The molecule has 100 valence electrons. The van der Waals surface area contributed by atoms with E-state index >= 15 is 0 Å². The maximum atomic E-state index is 6.32. The minimum atomic E-state index is 0.655. The van der Waals surface area contributed by atoms with Crippen molar-refractivity contribution in [1.82, 2.24) is 9.88 Å². The average Bonchev–Trinajstić information content (AvgIpc) is 2.41. The summed E-state index contributed by atoms with van der Waals surface area (Å²) in [6.07, 6.45) is 3.97. The highest BCUT2D eigenvalue weighted by atomic mass is 35.5. The van der Waals surface area contributed by atoms with Gasteiger partial charge in [-0.1, -0.05) is 29.7 Å². The molecule has 0 spiro atoms. The van der Waals surface area contributed by atoms with Crippen molar-refractivity contribution in [2.24, 2.45) is 0 Å². The molecule has 3 rings (SSSR count). The number of likely N-dealkylation sites (tertiary alicyclic amines) is 1. The van der Waals surface area contributed by atoms with E-state index in [-0.39, 0.29) is 0 Å². The molecule has 0 N–H and O–H groups in total. The lowest BCUT2D eigenvalue weighted by atomic mass is 10.1. The van der Waals surface area contributed by atoms with Crippen LogP contribution in [0.25, 0.3) is 10.9 Å². The van der Waals surface area contributed by atoms with Gasteiger partial charge in [0.25, 0.3) is 0 Å². The van der Waals surface area contributed by atoms with Crippen LogP contribution in [-0.2, 0) is 6.54 Å². The lowest BCUT2D eigenvalue weighted by molar-refractivity contribution is 0.221. The fraction of sp³-hybridized carbons (Fsp3) is 0.438. The Morgan fingerprint density at radius 2 is 1.95 bits per heavy atom. The van der Waals surface area contributed by atoms with Crippen LogP contribution in [0.3, 0.4) is 0 Å². The largest absolute Gasteiger partial charge is 0.299 e. The van der Waals surface area contributed by atoms with Gasteiger partial charge in [0.1, 0.15) is 5.15 Å². The second-order valence-electron chi connectivity index (χ2n) is 5.47. The smallest absolute Gasteiger partial charge is 0.134 e. The van der Waals surface area contributed by atoms with Crippen LogP contribution in [0, 0.1) is 6.92 Å². The Balaban J connectivity index is 1.91. The molecule has 1 fully saturated rings. The Bertz CT molecular complexity index is 589. The highest BCUT2D eigenvalue weighted by Crippen LogP contribution is 2.23. The molecule has 0 unspecified atom stereocenters. The number of hydrogen-bond donors (Lipinski definition) is 0. The van der Waals surface area contributed by atoms with Gasteiger partial charge < -0.3 is 0 Å². The first-order valence-electron chi connectivity index (χ1n) is 7.00. The first kappa shape index (κ1) is 12.9. The minimum absolute atomic E-state index is 0.655. The van der Waals surface area contributed by atoms with E-state index in [4.69, 9.17) is 11.6 Å². The van der Waals surface area contributed by atoms with Crippen molar-refractivity contribution in [1.29, 1.82) is 0 Å². The van der Waals surface area contributed by atoms with E-state index in [0.29, 0.717) is 5.15 Å². The van der Waals surface area contributed by atoms with Gasteiger partial charge in [0.15, 0.2) is 0 Å². The van der Waals surface area contributed by atoms with Crippen molar-refractivity contribution in [3.63, 3.8) is 0 Å². The lowest BCUT2D eigenvalue weighted by Crippen LogP contribution is -2.29. The molecule has 0 bridgehead atoms. The average molecular weight is 275 g/mol. The Kier molecular flexibility index (Phi) is 3.72. The maximum absolute atomic E-state index is 6.32. The van der Waals surface area contributed by atoms with E-state index in [1.165, 1.54) is 43.3 Å². The number of fused-ring (bicyclic) bond motifs is 1. The van der Waals surface area contributed by atoms with Gasteiger partial charge in [0.2, 0.25) is 0 Å². The normalized spacial score (nSPS) is 16.9. The van der Waals surface area contributed by atoms with Crippen molar-refractivity contribution in [3.05, 3.63) is 40.5 Å². The van der Waals surface area contributed by atoms with E-state index in [2.05, 4.69) is 35.0 Å². The summed E-state index contributed by atoms with van der Waals surface area (Å²) in [6.45, 7) is 5.40. The second kappa shape index (κ2) is 5.48. The molecule has 0 amide bonds. The van der Waals surface area contributed by atoms with Gasteiger partial charge in [-0.05, 0) is 51.1 Å². The van der Waals surface area contributed by atoms with Crippen LogP contribution in [0.5, 0.6) is 0 Å². The van der Waals surface area contributed by atoms with Gasteiger partial charge in [-0.3, -0.25) is 4.90 Å². The van der Waals surface area contributed by atoms with Crippen molar-refractivity contribution in [3.8, 4) is 0 Å². The molecule has 2 nitrogen and oxygen atoms in total. The molecule has 1 aromatic heterocycles. The summed E-state index contributed by atoms with van der Waals surface area (Å²) >= 11 is 6.32. The zero-order valence-corrected chi connectivity index (χ0v) is 12.1. The van der Waals surface area contributed by atoms with Crippen LogP contribution >= 0.6 is 11.6 Å². The number of benzene rings is 1. The highest BCUT2D eigenvalue weighted by molar-refractivity contribution is 6.30. The molecule has 0 atom stereocenters. The Labute approximate surface area is 119 Å². The summed E-state index contributed by atoms with van der Waals surface area (Å²) in [5.41, 5.74) is 3.40. The highest BCUT2D eigenvalue weighted by Gasteiger charge is 2.13. The van der Waals surface area contributed by atoms with Crippen molar-refractivity contribution >= 4 is 22.5 Å². The number of halogens is 1. The summed E-state index contributed by atoms with van der Waals surface area (Å²) in [5.74, 6) is 0. The summed E-state index contributed by atoms with van der Waals surface area (Å²) in [4.78, 5) is 7.00. The SMILES string of the molecule is Cc1ccc2nc(Cl)c(CN3CCCCC3)cc2c1. The third-order valence-corrected chi connectivity index (χ3v) is 4.17. The van der Waals surface area contributed by atoms with Crippen LogP contribution in [0.2, 0.25) is 5.15 Å². The molecule has 0 saturated carbocycles. The molecule has 0 radical (unpaired) electrons. The fourth-order valence-corrected chi connectivity index (χ4v) is 2.99. The van der Waals surface area contributed by atoms with Crippen LogP contribution in [-0.4, -0.2) is 23.0 Å². The van der Waals surface area contributed by atoms with Gasteiger partial charge in [0, 0.05) is 17.5 Å². The minimum Gasteiger partial charge on any atom is -0.299 e. The van der Waals surface area contributed by atoms with Gasteiger partial charge in [0.05, 0.1) is 5.52 Å². The zero-order chi connectivity index (χ0) is 13.2. The molecule has 19 heavy (non-hydrogen) atoms. The van der Waals surface area contributed by atoms with Crippen LogP contribution in [0.15, 0.2) is 24.3 Å². The molecule has 3 heteroatoms. The Morgan fingerprint density at radius 3 is 2.74 bits per heavy atom.